The SMILES string of the molecule is CC(C)CN1CC(O)(CC#N)C1. The number of hydrogen-bond acceptors (Lipinski definition) is 3. The lowest BCUT2D eigenvalue weighted by molar-refractivity contribution is -0.0970. The first-order valence-electron chi connectivity index (χ1n) is 4.37. The summed E-state index contributed by atoms with van der Waals surface area (Å²) in [5.74, 6) is 0.636. The van der Waals surface area contributed by atoms with E-state index in [-0.39, 0.29) is 6.42 Å². The fourth-order valence-electron chi connectivity index (χ4n) is 1.69. The molecule has 1 fully saturated rings. The Morgan fingerprint density at radius 3 is 2.58 bits per heavy atom. The van der Waals surface area contributed by atoms with Gasteiger partial charge in [-0.05, 0) is 5.92 Å². The molecular weight excluding hydrogens is 152 g/mol. The second-order valence-electron chi connectivity index (χ2n) is 4.12. The van der Waals surface area contributed by atoms with Crippen LogP contribution < -0.4 is 0 Å². The highest BCUT2D eigenvalue weighted by molar-refractivity contribution is 5.00. The van der Waals surface area contributed by atoms with Crippen LogP contribution in [0.1, 0.15) is 20.3 Å². The summed E-state index contributed by atoms with van der Waals surface area (Å²) >= 11 is 0. The third kappa shape index (κ3) is 2.20. The van der Waals surface area contributed by atoms with E-state index in [4.69, 9.17) is 5.26 Å². The number of nitrogens with zero attached hydrogens (tertiary/aromatic N) is 2. The largest absolute Gasteiger partial charge is 0.386 e. The Kier molecular flexibility index (Phi) is 2.71. The summed E-state index contributed by atoms with van der Waals surface area (Å²) in [7, 11) is 0. The van der Waals surface area contributed by atoms with Crippen molar-refractivity contribution >= 4 is 0 Å². The molecule has 0 aromatic rings. The van der Waals surface area contributed by atoms with Crippen molar-refractivity contribution in [2.45, 2.75) is 25.9 Å². The molecule has 0 atom stereocenters. The molecule has 0 aromatic heterocycles. The Morgan fingerprint density at radius 1 is 1.58 bits per heavy atom. The maximum Gasteiger partial charge on any atom is 0.103 e. The summed E-state index contributed by atoms with van der Waals surface area (Å²) < 4.78 is 0. The molecule has 1 aliphatic rings. The maximum absolute atomic E-state index is 9.63. The summed E-state index contributed by atoms with van der Waals surface area (Å²) in [4.78, 5) is 2.18. The molecule has 0 aliphatic carbocycles. The Morgan fingerprint density at radius 2 is 2.17 bits per heavy atom. The highest BCUT2D eigenvalue weighted by Crippen LogP contribution is 2.24. The molecule has 68 valence electrons. The normalized spacial score (nSPS) is 21.9. The van der Waals surface area contributed by atoms with Crippen molar-refractivity contribution < 1.29 is 5.11 Å². The van der Waals surface area contributed by atoms with Gasteiger partial charge in [0, 0.05) is 19.6 Å². The van der Waals surface area contributed by atoms with E-state index in [2.05, 4.69) is 18.7 Å². The quantitative estimate of drug-likeness (QED) is 0.671. The van der Waals surface area contributed by atoms with Crippen LogP contribution in [0, 0.1) is 17.2 Å². The molecule has 0 saturated carbocycles. The van der Waals surface area contributed by atoms with Crippen molar-refractivity contribution in [1.82, 2.24) is 4.90 Å². The van der Waals surface area contributed by atoms with E-state index in [9.17, 15) is 5.11 Å². The zero-order valence-electron chi connectivity index (χ0n) is 7.75. The van der Waals surface area contributed by atoms with Crippen LogP contribution in [0.4, 0.5) is 0 Å². The van der Waals surface area contributed by atoms with E-state index in [0.717, 1.165) is 6.54 Å². The predicted octanol–water partition coefficient (Wildman–Crippen LogP) is 0.603. The fourth-order valence-corrected chi connectivity index (χ4v) is 1.69. The van der Waals surface area contributed by atoms with Crippen LogP contribution in [0.15, 0.2) is 0 Å². The molecule has 3 nitrogen and oxygen atoms in total. The molecule has 1 saturated heterocycles. The Labute approximate surface area is 73.6 Å². The molecule has 1 heterocycles. The van der Waals surface area contributed by atoms with Gasteiger partial charge < -0.3 is 5.11 Å². The van der Waals surface area contributed by atoms with E-state index < -0.39 is 5.60 Å². The molecule has 0 unspecified atom stereocenters. The van der Waals surface area contributed by atoms with E-state index in [0.29, 0.717) is 19.0 Å². The van der Waals surface area contributed by atoms with Gasteiger partial charge in [-0.15, -0.1) is 0 Å². The lowest BCUT2D eigenvalue weighted by atomic mass is 9.90. The molecule has 1 rings (SSSR count). The summed E-state index contributed by atoms with van der Waals surface area (Å²) in [6, 6.07) is 2.01. The summed E-state index contributed by atoms with van der Waals surface area (Å²) in [5.41, 5.74) is -0.705. The number of likely N-dealkylation sites (tertiary alicyclic amines) is 1. The highest BCUT2D eigenvalue weighted by atomic mass is 16.3. The number of aliphatic hydroxyl groups is 1. The molecule has 1 N–H and O–H groups in total. The van der Waals surface area contributed by atoms with Gasteiger partial charge in [0.15, 0.2) is 0 Å². The van der Waals surface area contributed by atoms with E-state index in [1.54, 1.807) is 0 Å². The van der Waals surface area contributed by atoms with Gasteiger partial charge in [0.05, 0.1) is 12.5 Å². The first-order valence-corrected chi connectivity index (χ1v) is 4.37. The molecule has 1 aliphatic heterocycles. The van der Waals surface area contributed by atoms with E-state index in [1.807, 2.05) is 6.07 Å². The first kappa shape index (κ1) is 9.50. The average molecular weight is 168 g/mol. The molecule has 0 aromatic carbocycles. The molecule has 0 bridgehead atoms. The second-order valence-corrected chi connectivity index (χ2v) is 4.12. The highest BCUT2D eigenvalue weighted by Gasteiger charge is 2.40. The van der Waals surface area contributed by atoms with Crippen LogP contribution in [-0.4, -0.2) is 35.2 Å². The van der Waals surface area contributed by atoms with Crippen molar-refractivity contribution in [3.8, 4) is 6.07 Å². The predicted molar refractivity (Wildman–Crippen MR) is 46.5 cm³/mol. The lowest BCUT2D eigenvalue weighted by Gasteiger charge is -2.46. The minimum Gasteiger partial charge on any atom is -0.386 e. The van der Waals surface area contributed by atoms with Gasteiger partial charge in [-0.1, -0.05) is 13.8 Å². The van der Waals surface area contributed by atoms with E-state index in [1.165, 1.54) is 0 Å². The van der Waals surface area contributed by atoms with Crippen molar-refractivity contribution in [3.05, 3.63) is 0 Å². The summed E-state index contributed by atoms with van der Waals surface area (Å²) in [5, 5.41) is 18.0. The molecule has 0 radical (unpaired) electrons. The minimum atomic E-state index is -0.705. The number of nitriles is 1. The second kappa shape index (κ2) is 3.42. The maximum atomic E-state index is 9.63. The topological polar surface area (TPSA) is 47.3 Å². The van der Waals surface area contributed by atoms with Gasteiger partial charge in [0.25, 0.3) is 0 Å². The molecule has 3 heteroatoms. The minimum absolute atomic E-state index is 0.265. The number of hydrogen-bond donors (Lipinski definition) is 1. The van der Waals surface area contributed by atoms with Gasteiger partial charge in [-0.25, -0.2) is 0 Å². The number of rotatable bonds is 3. The smallest absolute Gasteiger partial charge is 0.103 e. The van der Waals surface area contributed by atoms with Gasteiger partial charge in [0.2, 0.25) is 0 Å². The van der Waals surface area contributed by atoms with Crippen molar-refractivity contribution in [3.63, 3.8) is 0 Å². The third-order valence-electron chi connectivity index (χ3n) is 2.07. The third-order valence-corrected chi connectivity index (χ3v) is 2.07. The molecule has 0 amide bonds. The monoisotopic (exact) mass is 168 g/mol. The van der Waals surface area contributed by atoms with Gasteiger partial charge in [-0.2, -0.15) is 5.26 Å². The van der Waals surface area contributed by atoms with Gasteiger partial charge in [0.1, 0.15) is 5.60 Å². The van der Waals surface area contributed by atoms with E-state index >= 15 is 0 Å². The summed E-state index contributed by atoms with van der Waals surface area (Å²) in [6.45, 7) is 6.66. The molecular formula is C9H16N2O. The van der Waals surface area contributed by atoms with Crippen LogP contribution >= 0.6 is 0 Å². The van der Waals surface area contributed by atoms with Crippen LogP contribution in [0.3, 0.4) is 0 Å². The standard InChI is InChI=1S/C9H16N2O/c1-8(2)5-11-6-9(12,7-11)3-4-10/h8,12H,3,5-7H2,1-2H3. The zero-order chi connectivity index (χ0) is 9.19. The lowest BCUT2D eigenvalue weighted by Crippen LogP contribution is -2.62. The number of β-amino-alcohol motifs (C(OH)–C–C–N with tert-alkyl or cyclic N) is 1. The van der Waals surface area contributed by atoms with Crippen molar-refractivity contribution in [1.29, 1.82) is 5.26 Å². The van der Waals surface area contributed by atoms with Crippen LogP contribution in [0.2, 0.25) is 0 Å². The fraction of sp³-hybridized carbons (Fsp3) is 0.889. The molecule has 12 heavy (non-hydrogen) atoms. The summed E-state index contributed by atoms with van der Waals surface area (Å²) in [6.07, 6.45) is 0.265. The van der Waals surface area contributed by atoms with Crippen molar-refractivity contribution in [2.24, 2.45) is 5.92 Å². The van der Waals surface area contributed by atoms with Crippen LogP contribution in [0.25, 0.3) is 0 Å². The van der Waals surface area contributed by atoms with Gasteiger partial charge in [-0.3, -0.25) is 4.90 Å². The van der Waals surface area contributed by atoms with Crippen LogP contribution in [0.5, 0.6) is 0 Å². The molecule has 0 spiro atoms. The Hall–Kier alpha value is -0.590. The Bertz CT molecular complexity index is 189. The van der Waals surface area contributed by atoms with Gasteiger partial charge >= 0.3 is 0 Å². The Balaban J connectivity index is 2.23. The van der Waals surface area contributed by atoms with Crippen LogP contribution in [-0.2, 0) is 0 Å². The average Bonchev–Trinajstić information content (AvgIpc) is 1.83. The van der Waals surface area contributed by atoms with Crippen molar-refractivity contribution in [2.75, 3.05) is 19.6 Å². The zero-order valence-corrected chi connectivity index (χ0v) is 7.75. The first-order chi connectivity index (χ1) is 5.56.